The van der Waals surface area contributed by atoms with Crippen LogP contribution in [0.15, 0.2) is 52.5 Å². The van der Waals surface area contributed by atoms with E-state index in [9.17, 15) is 10.1 Å². The molecule has 158 valence electrons. The molecule has 1 N–H and O–H groups in total. The number of hydrogen-bond donors (Lipinski definition) is 1. The van der Waals surface area contributed by atoms with Gasteiger partial charge in [0.15, 0.2) is 11.5 Å². The highest BCUT2D eigenvalue weighted by Crippen LogP contribution is 2.38. The molecule has 0 aromatic heterocycles. The van der Waals surface area contributed by atoms with Crippen LogP contribution >= 0.6 is 15.9 Å². The van der Waals surface area contributed by atoms with Gasteiger partial charge in [0.1, 0.15) is 18.2 Å². The van der Waals surface area contributed by atoms with Gasteiger partial charge in [0.2, 0.25) is 0 Å². The highest BCUT2D eigenvalue weighted by atomic mass is 79.9. The van der Waals surface area contributed by atoms with E-state index in [4.69, 9.17) is 14.2 Å². The SMILES string of the molecule is CCOc1cc(/C=C(\C#N)C(=O)NCCCOC)cc(Br)c1OCc1ccccc1. The van der Waals surface area contributed by atoms with E-state index in [0.717, 1.165) is 5.56 Å². The number of nitriles is 1. The molecule has 0 saturated carbocycles. The van der Waals surface area contributed by atoms with Crippen molar-refractivity contribution in [2.75, 3.05) is 26.9 Å². The Labute approximate surface area is 185 Å². The number of ether oxygens (including phenoxy) is 3. The van der Waals surface area contributed by atoms with Crippen molar-refractivity contribution in [3.05, 3.63) is 63.6 Å². The Hall–Kier alpha value is -2.82. The van der Waals surface area contributed by atoms with Gasteiger partial charge in [-0.25, -0.2) is 0 Å². The van der Waals surface area contributed by atoms with Crippen molar-refractivity contribution < 1.29 is 19.0 Å². The van der Waals surface area contributed by atoms with E-state index in [2.05, 4.69) is 21.2 Å². The molecule has 0 fully saturated rings. The normalized spacial score (nSPS) is 10.9. The summed E-state index contributed by atoms with van der Waals surface area (Å²) in [7, 11) is 1.60. The summed E-state index contributed by atoms with van der Waals surface area (Å²) in [4.78, 5) is 12.3. The lowest BCUT2D eigenvalue weighted by Gasteiger charge is -2.15. The molecule has 2 aromatic carbocycles. The number of benzene rings is 2. The first-order valence-electron chi connectivity index (χ1n) is 9.61. The summed E-state index contributed by atoms with van der Waals surface area (Å²) in [6.45, 7) is 3.70. The van der Waals surface area contributed by atoms with Gasteiger partial charge in [0.25, 0.3) is 5.91 Å². The van der Waals surface area contributed by atoms with Gasteiger partial charge in [0, 0.05) is 20.3 Å². The Bertz CT molecular complexity index is 907. The minimum atomic E-state index is -0.424. The molecular weight excluding hydrogens is 448 g/mol. The maximum Gasteiger partial charge on any atom is 0.261 e. The first-order chi connectivity index (χ1) is 14.6. The van der Waals surface area contributed by atoms with Gasteiger partial charge in [-0.2, -0.15) is 5.26 Å². The van der Waals surface area contributed by atoms with Crippen LogP contribution in [0.4, 0.5) is 0 Å². The minimum Gasteiger partial charge on any atom is -0.490 e. The first kappa shape index (κ1) is 23.5. The number of hydrogen-bond acceptors (Lipinski definition) is 5. The molecule has 2 aromatic rings. The number of rotatable bonds is 11. The molecule has 0 spiro atoms. The second kappa shape index (κ2) is 12.7. The number of nitrogens with one attached hydrogen (secondary N) is 1. The van der Waals surface area contributed by atoms with Gasteiger partial charge >= 0.3 is 0 Å². The van der Waals surface area contributed by atoms with Crippen LogP contribution in [-0.2, 0) is 16.1 Å². The molecule has 0 atom stereocenters. The van der Waals surface area contributed by atoms with E-state index >= 15 is 0 Å². The van der Waals surface area contributed by atoms with Crippen molar-refractivity contribution in [2.24, 2.45) is 0 Å². The summed E-state index contributed by atoms with van der Waals surface area (Å²) in [5.74, 6) is 0.680. The zero-order valence-electron chi connectivity index (χ0n) is 17.1. The molecule has 0 saturated heterocycles. The maximum absolute atomic E-state index is 12.3. The van der Waals surface area contributed by atoms with Crippen LogP contribution in [0.2, 0.25) is 0 Å². The van der Waals surface area contributed by atoms with Crippen molar-refractivity contribution in [1.82, 2.24) is 5.32 Å². The third kappa shape index (κ3) is 7.21. The lowest BCUT2D eigenvalue weighted by atomic mass is 10.1. The zero-order valence-corrected chi connectivity index (χ0v) is 18.7. The van der Waals surface area contributed by atoms with Gasteiger partial charge in [-0.3, -0.25) is 4.79 Å². The molecule has 30 heavy (non-hydrogen) atoms. The topological polar surface area (TPSA) is 80.6 Å². The lowest BCUT2D eigenvalue weighted by Crippen LogP contribution is -2.26. The van der Waals surface area contributed by atoms with Crippen LogP contribution in [0.25, 0.3) is 6.08 Å². The molecule has 6 nitrogen and oxygen atoms in total. The fraction of sp³-hybridized carbons (Fsp3) is 0.304. The molecule has 0 aliphatic carbocycles. The van der Waals surface area contributed by atoms with Gasteiger partial charge in [-0.05, 0) is 58.6 Å². The second-order valence-corrected chi connectivity index (χ2v) is 7.16. The highest BCUT2D eigenvalue weighted by molar-refractivity contribution is 9.10. The number of halogens is 1. The van der Waals surface area contributed by atoms with Gasteiger partial charge < -0.3 is 19.5 Å². The zero-order chi connectivity index (χ0) is 21.8. The number of carbonyl (C=O) groups excluding carboxylic acids is 1. The lowest BCUT2D eigenvalue weighted by molar-refractivity contribution is -0.117. The second-order valence-electron chi connectivity index (χ2n) is 6.31. The Balaban J connectivity index is 2.20. The Kier molecular flexibility index (Phi) is 9.92. The molecule has 0 heterocycles. The molecule has 2 rings (SSSR count). The van der Waals surface area contributed by atoms with E-state index < -0.39 is 5.91 Å². The Morgan fingerprint density at radius 1 is 1.23 bits per heavy atom. The van der Waals surface area contributed by atoms with E-state index in [1.165, 1.54) is 6.08 Å². The fourth-order valence-electron chi connectivity index (χ4n) is 2.63. The smallest absolute Gasteiger partial charge is 0.261 e. The average Bonchev–Trinajstić information content (AvgIpc) is 2.75. The van der Waals surface area contributed by atoms with E-state index in [-0.39, 0.29) is 5.57 Å². The third-order valence-corrected chi connectivity index (χ3v) is 4.63. The molecule has 0 aliphatic heterocycles. The van der Waals surface area contributed by atoms with Crippen LogP contribution in [0.1, 0.15) is 24.5 Å². The first-order valence-corrected chi connectivity index (χ1v) is 10.4. The summed E-state index contributed by atoms with van der Waals surface area (Å²) in [6.07, 6.45) is 2.20. The van der Waals surface area contributed by atoms with Gasteiger partial charge in [-0.1, -0.05) is 30.3 Å². The molecule has 0 bridgehead atoms. The highest BCUT2D eigenvalue weighted by Gasteiger charge is 2.14. The standard InChI is InChI=1S/C23H25BrN2O4/c1-3-29-21-14-18(12-19(15-25)23(27)26-10-7-11-28-2)13-20(24)22(21)30-16-17-8-5-4-6-9-17/h4-6,8-9,12-14H,3,7,10-11,16H2,1-2H3,(H,26,27)/b19-12+. The maximum atomic E-state index is 12.3. The van der Waals surface area contributed by atoms with Crippen LogP contribution < -0.4 is 14.8 Å². The quantitative estimate of drug-likeness (QED) is 0.296. The van der Waals surface area contributed by atoms with Crippen molar-refractivity contribution >= 4 is 27.9 Å². The summed E-state index contributed by atoms with van der Waals surface area (Å²) in [6, 6.07) is 15.3. The van der Waals surface area contributed by atoms with Crippen LogP contribution in [0.3, 0.4) is 0 Å². The third-order valence-electron chi connectivity index (χ3n) is 4.04. The number of amides is 1. The largest absolute Gasteiger partial charge is 0.490 e. The van der Waals surface area contributed by atoms with E-state index in [0.29, 0.717) is 54.3 Å². The molecule has 0 radical (unpaired) electrons. The summed E-state index contributed by atoms with van der Waals surface area (Å²) < 4.78 is 17.3. The molecule has 0 aliphatic rings. The summed E-state index contributed by atoms with van der Waals surface area (Å²) in [5.41, 5.74) is 1.70. The monoisotopic (exact) mass is 472 g/mol. The number of methoxy groups -OCH3 is 1. The van der Waals surface area contributed by atoms with Crippen molar-refractivity contribution in [1.29, 1.82) is 5.26 Å². The van der Waals surface area contributed by atoms with Gasteiger partial charge in [0.05, 0.1) is 11.1 Å². The number of nitrogens with zero attached hydrogens (tertiary/aromatic N) is 1. The van der Waals surface area contributed by atoms with E-state index in [1.807, 2.05) is 43.3 Å². The summed E-state index contributed by atoms with van der Waals surface area (Å²) >= 11 is 3.52. The number of carbonyl (C=O) groups is 1. The molecule has 1 amide bonds. The predicted octanol–water partition coefficient (Wildman–Crippen LogP) is 4.49. The van der Waals surface area contributed by atoms with Crippen molar-refractivity contribution in [2.45, 2.75) is 20.0 Å². The predicted molar refractivity (Wildman–Crippen MR) is 119 cm³/mol. The summed E-state index contributed by atoms with van der Waals surface area (Å²) in [5, 5.41) is 12.1. The van der Waals surface area contributed by atoms with Gasteiger partial charge in [-0.15, -0.1) is 0 Å². The van der Waals surface area contributed by atoms with Crippen LogP contribution in [0.5, 0.6) is 11.5 Å². The van der Waals surface area contributed by atoms with Crippen LogP contribution in [0, 0.1) is 11.3 Å². The Morgan fingerprint density at radius 2 is 2.00 bits per heavy atom. The minimum absolute atomic E-state index is 0.0136. The molecule has 7 heteroatoms. The molecule has 0 unspecified atom stereocenters. The van der Waals surface area contributed by atoms with Crippen LogP contribution in [-0.4, -0.2) is 32.8 Å². The van der Waals surface area contributed by atoms with Crippen molar-refractivity contribution in [3.63, 3.8) is 0 Å². The Morgan fingerprint density at radius 3 is 2.67 bits per heavy atom. The van der Waals surface area contributed by atoms with Crippen molar-refractivity contribution in [3.8, 4) is 17.6 Å². The molecular formula is C23H25BrN2O4. The average molecular weight is 473 g/mol. The fourth-order valence-corrected chi connectivity index (χ4v) is 3.21. The van der Waals surface area contributed by atoms with E-state index in [1.54, 1.807) is 19.2 Å².